The van der Waals surface area contributed by atoms with Gasteiger partial charge in [-0.1, -0.05) is 29.3 Å². The first-order chi connectivity index (χ1) is 18.1. The first kappa shape index (κ1) is 27.4. The Morgan fingerprint density at radius 3 is 2.39 bits per heavy atom. The van der Waals surface area contributed by atoms with Crippen LogP contribution >= 0.6 is 23.2 Å². The van der Waals surface area contributed by atoms with Crippen LogP contribution in [0, 0.1) is 5.82 Å². The minimum atomic E-state index is -2.27. The number of aliphatic hydroxyl groups is 2. The standard InChI is InChI=1S/C21H15Cl2FN4.C4H6O6/c22-18-3-1-12(6-19(18)23)17-9-25-8-14-5-16(20(24)7-15(14)17)13-2-4-21-26-11-27-28(21)10-13;5-1(3(7)8)2(6)4(9)10/h1-7,10-11,17,25H,8-9H2;1-2,5-6H,(H,7,8)(H,9,10)/t;1-,2-/m.1/s1. The molecule has 5 N–H and O–H groups in total. The minimum absolute atomic E-state index is 0.0138. The average molecular weight is 563 g/mol. The summed E-state index contributed by atoms with van der Waals surface area (Å²) in [5.74, 6) is -3.78. The number of fused-ring (bicyclic) bond motifs is 2. The van der Waals surface area contributed by atoms with Crippen LogP contribution in [0.15, 0.2) is 55.0 Å². The smallest absolute Gasteiger partial charge is 0.335 e. The lowest BCUT2D eigenvalue weighted by atomic mass is 9.84. The zero-order chi connectivity index (χ0) is 27.6. The van der Waals surface area contributed by atoms with Crippen molar-refractivity contribution < 1.29 is 34.4 Å². The fourth-order valence-electron chi connectivity index (χ4n) is 4.07. The van der Waals surface area contributed by atoms with Gasteiger partial charge in [0.15, 0.2) is 17.9 Å². The molecule has 4 aromatic rings. The molecule has 3 heterocycles. The molecule has 0 bridgehead atoms. The Labute approximate surface area is 224 Å². The fourth-order valence-corrected chi connectivity index (χ4v) is 4.37. The number of hydrogen-bond acceptors (Lipinski definition) is 7. The van der Waals surface area contributed by atoms with Crippen molar-refractivity contribution in [1.82, 2.24) is 19.9 Å². The number of carboxylic acid groups (broad SMARTS) is 2. The summed E-state index contributed by atoms with van der Waals surface area (Å²) in [6.45, 7) is 1.40. The van der Waals surface area contributed by atoms with E-state index in [2.05, 4.69) is 15.4 Å². The van der Waals surface area contributed by atoms with Crippen LogP contribution in [0.2, 0.25) is 10.0 Å². The van der Waals surface area contributed by atoms with Crippen LogP contribution in [0.1, 0.15) is 22.6 Å². The molecule has 3 atom stereocenters. The second-order valence-corrected chi connectivity index (χ2v) is 9.25. The van der Waals surface area contributed by atoms with Crippen LogP contribution in [0.4, 0.5) is 4.39 Å². The normalized spacial score (nSPS) is 16.2. The summed E-state index contributed by atoms with van der Waals surface area (Å²) in [5.41, 5.74) is 5.09. The Kier molecular flexibility index (Phi) is 8.24. The molecule has 0 saturated carbocycles. The van der Waals surface area contributed by atoms with Crippen molar-refractivity contribution in [2.75, 3.05) is 6.54 Å². The lowest BCUT2D eigenvalue weighted by Gasteiger charge is -2.28. The summed E-state index contributed by atoms with van der Waals surface area (Å²) in [5, 5.41) is 41.1. The van der Waals surface area contributed by atoms with Gasteiger partial charge in [-0.15, -0.1) is 0 Å². The van der Waals surface area contributed by atoms with Gasteiger partial charge in [0.25, 0.3) is 0 Å². The quantitative estimate of drug-likeness (QED) is 0.246. The molecule has 0 radical (unpaired) electrons. The maximum absolute atomic E-state index is 15.1. The van der Waals surface area contributed by atoms with Gasteiger partial charge in [0.2, 0.25) is 0 Å². The van der Waals surface area contributed by atoms with Crippen LogP contribution < -0.4 is 5.32 Å². The van der Waals surface area contributed by atoms with Crippen molar-refractivity contribution in [1.29, 1.82) is 0 Å². The molecule has 2 aromatic heterocycles. The zero-order valence-electron chi connectivity index (χ0n) is 19.4. The third-order valence-corrected chi connectivity index (χ3v) is 6.74. The Morgan fingerprint density at radius 1 is 1.03 bits per heavy atom. The molecule has 1 unspecified atom stereocenters. The molecule has 1 aliphatic heterocycles. The molecule has 10 nitrogen and oxygen atoms in total. The number of nitrogens with zero attached hydrogens (tertiary/aromatic N) is 3. The number of nitrogens with one attached hydrogen (secondary N) is 1. The molecule has 0 spiro atoms. The van der Waals surface area contributed by atoms with E-state index in [-0.39, 0.29) is 11.7 Å². The van der Waals surface area contributed by atoms with Gasteiger partial charge in [-0.05, 0) is 53.1 Å². The van der Waals surface area contributed by atoms with Crippen LogP contribution in [0.5, 0.6) is 0 Å². The number of benzene rings is 2. The number of carboxylic acids is 2. The van der Waals surface area contributed by atoms with E-state index in [0.29, 0.717) is 28.7 Å². The predicted molar refractivity (Wildman–Crippen MR) is 136 cm³/mol. The molecule has 5 rings (SSSR count). The van der Waals surface area contributed by atoms with Crippen molar-refractivity contribution >= 4 is 40.8 Å². The van der Waals surface area contributed by atoms with Crippen molar-refractivity contribution in [2.24, 2.45) is 0 Å². The van der Waals surface area contributed by atoms with Crippen molar-refractivity contribution in [3.05, 3.63) is 87.5 Å². The van der Waals surface area contributed by atoms with E-state index in [1.807, 2.05) is 30.3 Å². The molecule has 1 aliphatic rings. The van der Waals surface area contributed by atoms with Crippen LogP contribution in [-0.2, 0) is 16.1 Å². The van der Waals surface area contributed by atoms with Crippen LogP contribution in [0.3, 0.4) is 0 Å². The van der Waals surface area contributed by atoms with Gasteiger partial charge in [-0.3, -0.25) is 0 Å². The Balaban J connectivity index is 0.000000289. The molecule has 0 saturated heterocycles. The minimum Gasteiger partial charge on any atom is -0.479 e. The largest absolute Gasteiger partial charge is 0.479 e. The number of hydrogen-bond donors (Lipinski definition) is 5. The topological polar surface area (TPSA) is 157 Å². The third-order valence-electron chi connectivity index (χ3n) is 6.00. The second-order valence-electron chi connectivity index (χ2n) is 8.43. The lowest BCUT2D eigenvalue weighted by Crippen LogP contribution is -2.39. The van der Waals surface area contributed by atoms with Gasteiger partial charge >= 0.3 is 11.9 Å². The number of rotatable bonds is 5. The Bertz CT molecular complexity index is 1500. The maximum Gasteiger partial charge on any atom is 0.335 e. The van der Waals surface area contributed by atoms with E-state index in [4.69, 9.17) is 43.6 Å². The second kappa shape index (κ2) is 11.4. The summed E-state index contributed by atoms with van der Waals surface area (Å²) in [6, 6.07) is 12.8. The zero-order valence-corrected chi connectivity index (χ0v) is 20.9. The number of halogens is 3. The summed E-state index contributed by atoms with van der Waals surface area (Å²) in [4.78, 5) is 23.7. The first-order valence-electron chi connectivity index (χ1n) is 11.2. The van der Waals surface area contributed by atoms with Gasteiger partial charge in [0.05, 0.1) is 10.0 Å². The molecule has 13 heteroatoms. The van der Waals surface area contributed by atoms with E-state index >= 15 is 4.39 Å². The Morgan fingerprint density at radius 2 is 1.74 bits per heavy atom. The molecular weight excluding hydrogens is 542 g/mol. The van der Waals surface area contributed by atoms with Gasteiger partial charge in [-0.25, -0.2) is 23.5 Å². The van der Waals surface area contributed by atoms with E-state index < -0.39 is 24.1 Å². The predicted octanol–water partition coefficient (Wildman–Crippen LogP) is 2.95. The highest BCUT2D eigenvalue weighted by Gasteiger charge is 2.29. The van der Waals surface area contributed by atoms with Crippen LogP contribution in [0.25, 0.3) is 16.8 Å². The summed E-state index contributed by atoms with van der Waals surface area (Å²) < 4.78 is 16.8. The number of carbonyl (C=O) groups is 2. The van der Waals surface area contributed by atoms with Gasteiger partial charge < -0.3 is 25.7 Å². The highest BCUT2D eigenvalue weighted by Crippen LogP contribution is 2.36. The van der Waals surface area contributed by atoms with E-state index in [1.54, 1.807) is 22.8 Å². The number of pyridine rings is 1. The highest BCUT2D eigenvalue weighted by atomic mass is 35.5. The van der Waals surface area contributed by atoms with Crippen molar-refractivity contribution in [3.8, 4) is 11.1 Å². The highest BCUT2D eigenvalue weighted by molar-refractivity contribution is 6.42. The Hall–Kier alpha value is -3.61. The van der Waals surface area contributed by atoms with Crippen molar-refractivity contribution in [3.63, 3.8) is 0 Å². The number of aromatic nitrogens is 3. The summed E-state index contributed by atoms with van der Waals surface area (Å²) in [7, 11) is 0. The SMILES string of the molecule is Fc1cc2c(cc1-c1ccc3ncnn3c1)CNCC2c1ccc(Cl)c(Cl)c1.O=C(O)[C@H](O)[C@@H](O)C(=O)O. The number of aliphatic carboxylic acids is 2. The summed E-state index contributed by atoms with van der Waals surface area (Å²) in [6.07, 6.45) is -1.26. The molecule has 0 fully saturated rings. The first-order valence-corrected chi connectivity index (χ1v) is 11.9. The third kappa shape index (κ3) is 5.77. The molecule has 38 heavy (non-hydrogen) atoms. The van der Waals surface area contributed by atoms with Crippen LogP contribution in [-0.4, -0.2) is 65.7 Å². The molecule has 198 valence electrons. The molecule has 2 aromatic carbocycles. The summed E-state index contributed by atoms with van der Waals surface area (Å²) >= 11 is 12.2. The molecular formula is C25H21Cl2FN4O6. The van der Waals surface area contributed by atoms with E-state index in [9.17, 15) is 9.59 Å². The van der Waals surface area contributed by atoms with E-state index in [1.165, 1.54) is 6.33 Å². The van der Waals surface area contributed by atoms with Gasteiger partial charge in [0, 0.05) is 36.3 Å². The maximum atomic E-state index is 15.1. The monoisotopic (exact) mass is 562 g/mol. The van der Waals surface area contributed by atoms with E-state index in [0.717, 1.165) is 27.9 Å². The molecule has 0 amide bonds. The number of aliphatic hydroxyl groups excluding tert-OH is 2. The average Bonchev–Trinajstić information content (AvgIpc) is 3.37. The van der Waals surface area contributed by atoms with Crippen molar-refractivity contribution in [2.45, 2.75) is 24.7 Å². The lowest BCUT2D eigenvalue weighted by molar-refractivity contribution is -0.165. The fraction of sp³-hybridized carbons (Fsp3) is 0.200. The molecule has 0 aliphatic carbocycles. The van der Waals surface area contributed by atoms with Gasteiger partial charge in [0.1, 0.15) is 12.1 Å². The van der Waals surface area contributed by atoms with Gasteiger partial charge in [-0.2, -0.15) is 5.10 Å².